The van der Waals surface area contributed by atoms with Gasteiger partial charge in [0.1, 0.15) is 6.04 Å². The predicted octanol–water partition coefficient (Wildman–Crippen LogP) is -2.37. The molecule has 0 radical (unpaired) electrons. The predicted molar refractivity (Wildman–Crippen MR) is 141 cm³/mol. The summed E-state index contributed by atoms with van der Waals surface area (Å²) in [6.45, 7) is -0.0471. The number of carbonyl (C=O) groups is 7. The molecule has 2 aliphatic rings. The van der Waals surface area contributed by atoms with Crippen molar-refractivity contribution in [2.24, 2.45) is 0 Å². The fraction of sp³-hybridized carbons (Fsp3) is 0.261. The van der Waals surface area contributed by atoms with Gasteiger partial charge in [-0.2, -0.15) is 4.98 Å². The molecule has 0 saturated carbocycles. The largest absolute Gasteiger partial charge is 2.00 e. The number of anilines is 4. The van der Waals surface area contributed by atoms with Crippen molar-refractivity contribution < 1.29 is 48.9 Å². The van der Waals surface area contributed by atoms with Gasteiger partial charge in [0.2, 0.25) is 5.95 Å². The Kier molecular flexibility index (Phi) is 9.87. The molecule has 7 N–H and O–H groups in total. The summed E-state index contributed by atoms with van der Waals surface area (Å²) in [7, 11) is 0. The van der Waals surface area contributed by atoms with Gasteiger partial charge in [0.05, 0.1) is 6.04 Å². The maximum atomic E-state index is 13.1. The van der Waals surface area contributed by atoms with Crippen LogP contribution < -0.4 is 31.3 Å². The zero-order valence-corrected chi connectivity index (χ0v) is 23.7. The number of aromatic nitrogens is 2. The molecule has 0 spiro atoms. The van der Waals surface area contributed by atoms with E-state index in [4.69, 9.17) is 10.2 Å². The number of nitrogens with zero attached hydrogens (tertiary/aromatic N) is 3. The monoisotopic (exact) mass is 611 g/mol. The average molecular weight is 612 g/mol. The molecule has 0 bridgehead atoms. The van der Waals surface area contributed by atoms with E-state index in [-0.39, 0.29) is 80.0 Å². The van der Waals surface area contributed by atoms with E-state index in [9.17, 15) is 43.5 Å². The summed E-state index contributed by atoms with van der Waals surface area (Å²) < 4.78 is 0. The van der Waals surface area contributed by atoms with Gasteiger partial charge >= 0.3 is 73.4 Å². The van der Waals surface area contributed by atoms with Gasteiger partial charge in [-0.3, -0.25) is 44.0 Å². The van der Waals surface area contributed by atoms with E-state index in [2.05, 4.69) is 20.6 Å². The third kappa shape index (κ3) is 6.66. The van der Waals surface area contributed by atoms with E-state index >= 15 is 0 Å². The second-order valence-corrected chi connectivity index (χ2v) is 8.84. The van der Waals surface area contributed by atoms with Crippen LogP contribution in [0.5, 0.6) is 0 Å². The van der Waals surface area contributed by atoms with Crippen molar-refractivity contribution >= 4 is 102 Å². The number of carboxylic acid groups (broad SMARTS) is 3. The normalized spacial score (nSPS) is 16.1. The van der Waals surface area contributed by atoms with Crippen LogP contribution in [-0.4, -0.2) is 130 Å². The molecule has 18 nitrogen and oxygen atoms in total. The molecule has 4 rings (SSSR count). The van der Waals surface area contributed by atoms with Gasteiger partial charge in [-0.1, -0.05) is 0 Å². The van der Waals surface area contributed by atoms with Crippen molar-refractivity contribution in [3.63, 3.8) is 0 Å². The first-order chi connectivity index (χ1) is 19.4. The quantitative estimate of drug-likeness (QED) is 0.122. The van der Waals surface area contributed by atoms with Gasteiger partial charge in [-0.05, 0) is 30.7 Å². The molecule has 2 atom stereocenters. The minimum absolute atomic E-state index is 0. The molecular formula is C23H21CaN7O11+2. The van der Waals surface area contributed by atoms with Crippen molar-refractivity contribution in [3.05, 3.63) is 40.2 Å². The van der Waals surface area contributed by atoms with Crippen LogP contribution in [0.25, 0.3) is 0 Å². The zero-order valence-electron chi connectivity index (χ0n) is 21.4. The van der Waals surface area contributed by atoms with E-state index in [1.165, 1.54) is 24.3 Å². The van der Waals surface area contributed by atoms with Crippen molar-refractivity contribution in [2.75, 3.05) is 33.5 Å². The Labute approximate surface area is 264 Å². The number of benzene rings is 1. The number of hydrogen-bond donors (Lipinski definition) is 7. The summed E-state index contributed by atoms with van der Waals surface area (Å²) in [6, 6.07) is 3.14. The molecule has 2 unspecified atom stereocenters. The van der Waals surface area contributed by atoms with Gasteiger partial charge in [0.15, 0.2) is 11.5 Å². The number of H-pyrrole nitrogens is 1. The smallest absolute Gasteiger partial charge is 0.481 e. The van der Waals surface area contributed by atoms with Gasteiger partial charge < -0.3 is 30.9 Å². The summed E-state index contributed by atoms with van der Waals surface area (Å²) >= 11 is 0. The second kappa shape index (κ2) is 13.0. The summed E-state index contributed by atoms with van der Waals surface area (Å²) in [6.07, 6.45) is -0.798. The molecule has 1 saturated heterocycles. The number of carboxylic acids is 3. The molecular weight excluding hydrogens is 590 g/mol. The van der Waals surface area contributed by atoms with Crippen LogP contribution in [0.4, 0.5) is 23.1 Å². The van der Waals surface area contributed by atoms with E-state index < -0.39 is 71.5 Å². The zero-order chi connectivity index (χ0) is 30.0. The summed E-state index contributed by atoms with van der Waals surface area (Å²) in [5.41, 5.74) is -0.967. The Bertz CT molecular complexity index is 1540. The fourth-order valence-corrected chi connectivity index (χ4v) is 4.23. The minimum Gasteiger partial charge on any atom is -0.481 e. The Hall–Kier alpha value is -4.55. The van der Waals surface area contributed by atoms with Gasteiger partial charge in [0.25, 0.3) is 11.5 Å². The van der Waals surface area contributed by atoms with Crippen molar-refractivity contribution in [2.45, 2.75) is 24.9 Å². The maximum Gasteiger partial charge on any atom is 2.00 e. The van der Waals surface area contributed by atoms with E-state index in [1.54, 1.807) is 0 Å². The molecule has 2 aromatic rings. The van der Waals surface area contributed by atoms with Crippen LogP contribution in [0.15, 0.2) is 29.1 Å². The number of rotatable bonds is 8. The third-order valence-electron chi connectivity index (χ3n) is 6.16. The fourth-order valence-electron chi connectivity index (χ4n) is 4.23. The average Bonchev–Trinajstić information content (AvgIpc) is 2.92. The first-order valence-corrected chi connectivity index (χ1v) is 11.8. The third-order valence-corrected chi connectivity index (χ3v) is 6.16. The first-order valence-electron chi connectivity index (χ1n) is 11.8. The summed E-state index contributed by atoms with van der Waals surface area (Å²) in [5, 5.41) is 33.7. The van der Waals surface area contributed by atoms with Crippen LogP contribution in [0.1, 0.15) is 23.2 Å². The molecule has 1 fully saturated rings. The van der Waals surface area contributed by atoms with Crippen LogP contribution in [0.3, 0.4) is 0 Å². The maximum absolute atomic E-state index is 13.1. The standard InChI is InChI=1S/C23H21N7O11.Ca/c31-13(32)6-5-12(21(38)39)25-16(33)9-1-3-10(4-2-9)29-8-11-7-24-15-14(30(11)20(37)19(29)36)17(34)27-23(26-15)28-18(35)22(40)41;/h1-4,11-12H,5-8H2,(H,25,33)(H,31,32)(H,38,39)(H,40,41)(H3,24,26,27,28,34,35);/q;+2. The molecule has 42 heavy (non-hydrogen) atoms. The minimum atomic E-state index is -1.82. The van der Waals surface area contributed by atoms with E-state index in [1.807, 2.05) is 5.32 Å². The number of aromatic amines is 1. The number of aliphatic carboxylic acids is 3. The van der Waals surface area contributed by atoms with Crippen molar-refractivity contribution in [1.29, 1.82) is 0 Å². The van der Waals surface area contributed by atoms with Crippen LogP contribution in [0, 0.1) is 0 Å². The number of nitrogens with one attached hydrogen (secondary N) is 4. The van der Waals surface area contributed by atoms with E-state index in [0.29, 0.717) is 0 Å². The van der Waals surface area contributed by atoms with Crippen molar-refractivity contribution in [3.8, 4) is 0 Å². The van der Waals surface area contributed by atoms with Crippen LogP contribution in [0.2, 0.25) is 0 Å². The van der Waals surface area contributed by atoms with Gasteiger partial charge in [0, 0.05) is 30.8 Å². The topological polar surface area (TPSA) is 268 Å². The molecule has 1 aromatic carbocycles. The Balaban J connectivity index is 0.00000484. The van der Waals surface area contributed by atoms with Gasteiger partial charge in [-0.25, -0.2) is 9.59 Å². The summed E-state index contributed by atoms with van der Waals surface area (Å²) in [5.74, 6) is -9.40. The molecule has 19 heteroatoms. The Morgan fingerprint density at radius 3 is 2.29 bits per heavy atom. The Morgan fingerprint density at radius 1 is 1.02 bits per heavy atom. The van der Waals surface area contributed by atoms with Crippen LogP contribution in [-0.2, 0) is 28.8 Å². The molecule has 0 aliphatic carbocycles. The second-order valence-electron chi connectivity index (χ2n) is 8.84. The van der Waals surface area contributed by atoms with E-state index in [0.717, 1.165) is 9.80 Å². The molecule has 4 amide bonds. The summed E-state index contributed by atoms with van der Waals surface area (Å²) in [4.78, 5) is 104. The molecule has 3 heterocycles. The van der Waals surface area contributed by atoms with Crippen molar-refractivity contribution in [1.82, 2.24) is 15.3 Å². The molecule has 214 valence electrons. The van der Waals surface area contributed by atoms with Gasteiger partial charge in [-0.15, -0.1) is 0 Å². The SMILES string of the molecule is O=C(O)CCC(NC(=O)c1ccc(N2CC3CNc4nc(NC(=O)C(=O)O)[nH]c(=O)c4N3C(=O)C2=O)cc1)C(=O)O.[Ca+2]. The number of hydrogen-bond acceptors (Lipinski definition) is 10. The molecule has 2 aliphatic heterocycles. The van der Waals surface area contributed by atoms with Crippen LogP contribution >= 0.6 is 0 Å². The number of fused-ring (bicyclic) bond motifs is 3. The Morgan fingerprint density at radius 2 is 1.69 bits per heavy atom. The number of amides is 4. The number of carbonyl (C=O) groups excluding carboxylic acids is 4. The molecule has 1 aromatic heterocycles. The first kappa shape index (κ1) is 32.0. The number of piperazine rings is 1.